The standard InChI is InChI=1S/C8H6O5.H4N2/c9-5-3-1-2-4(7(10)11)6(5)8(12)13;1-2/h1-3,9H,(H,10,11)(H,12,13);1-2H2. The van der Waals surface area contributed by atoms with Gasteiger partial charge in [-0.05, 0) is 12.1 Å². The Kier molecular flexibility index (Phi) is 4.79. The van der Waals surface area contributed by atoms with E-state index in [0.29, 0.717) is 0 Å². The van der Waals surface area contributed by atoms with Gasteiger partial charge in [-0.1, -0.05) is 6.07 Å². The van der Waals surface area contributed by atoms with E-state index in [0.717, 1.165) is 12.1 Å². The van der Waals surface area contributed by atoms with Crippen LogP contribution in [0.3, 0.4) is 0 Å². The molecule has 0 saturated carbocycles. The van der Waals surface area contributed by atoms with Crippen LogP contribution >= 0.6 is 0 Å². The van der Waals surface area contributed by atoms with E-state index in [1.165, 1.54) is 6.07 Å². The van der Waals surface area contributed by atoms with Crippen molar-refractivity contribution in [2.24, 2.45) is 11.7 Å². The zero-order valence-corrected chi connectivity index (χ0v) is 7.54. The minimum Gasteiger partial charge on any atom is -0.507 e. The van der Waals surface area contributed by atoms with Crippen LogP contribution in [0.5, 0.6) is 5.75 Å². The molecule has 1 aromatic rings. The summed E-state index contributed by atoms with van der Waals surface area (Å²) in [4.78, 5) is 21.0. The lowest BCUT2D eigenvalue weighted by Crippen LogP contribution is -2.07. The second-order valence-electron chi connectivity index (χ2n) is 2.31. The van der Waals surface area contributed by atoms with Gasteiger partial charge >= 0.3 is 11.9 Å². The highest BCUT2D eigenvalue weighted by molar-refractivity contribution is 6.03. The summed E-state index contributed by atoms with van der Waals surface area (Å²) in [6.07, 6.45) is 0. The van der Waals surface area contributed by atoms with Gasteiger partial charge in [0.05, 0.1) is 5.56 Å². The lowest BCUT2D eigenvalue weighted by atomic mass is 10.1. The van der Waals surface area contributed by atoms with Crippen LogP contribution in [-0.4, -0.2) is 27.3 Å². The minimum atomic E-state index is -1.46. The molecule has 7 nitrogen and oxygen atoms in total. The van der Waals surface area contributed by atoms with Gasteiger partial charge in [-0.3, -0.25) is 11.7 Å². The zero-order chi connectivity index (χ0) is 12.0. The van der Waals surface area contributed by atoms with Gasteiger partial charge in [0, 0.05) is 0 Å². The molecule has 0 unspecified atom stereocenters. The summed E-state index contributed by atoms with van der Waals surface area (Å²) in [6, 6.07) is 3.51. The number of phenols is 1. The first-order valence-corrected chi connectivity index (χ1v) is 3.66. The fourth-order valence-electron chi connectivity index (χ4n) is 0.943. The van der Waals surface area contributed by atoms with E-state index in [9.17, 15) is 9.59 Å². The highest BCUT2D eigenvalue weighted by Crippen LogP contribution is 2.20. The van der Waals surface area contributed by atoms with Crippen molar-refractivity contribution in [3.05, 3.63) is 29.3 Å². The van der Waals surface area contributed by atoms with Gasteiger partial charge < -0.3 is 15.3 Å². The molecular weight excluding hydrogens is 204 g/mol. The van der Waals surface area contributed by atoms with Crippen LogP contribution in [0, 0.1) is 0 Å². The number of rotatable bonds is 2. The third-order valence-electron chi connectivity index (χ3n) is 1.49. The SMILES string of the molecule is NN.O=C(O)c1cccc(O)c1C(=O)O. The van der Waals surface area contributed by atoms with Crippen molar-refractivity contribution in [1.29, 1.82) is 0 Å². The predicted molar refractivity (Wildman–Crippen MR) is 50.4 cm³/mol. The molecule has 0 atom stereocenters. The average molecular weight is 214 g/mol. The van der Waals surface area contributed by atoms with E-state index >= 15 is 0 Å². The Morgan fingerprint density at radius 2 is 1.60 bits per heavy atom. The maximum atomic E-state index is 10.5. The van der Waals surface area contributed by atoms with E-state index in [1.807, 2.05) is 0 Å². The number of nitrogens with two attached hydrogens (primary N) is 2. The molecule has 0 amide bonds. The fourth-order valence-corrected chi connectivity index (χ4v) is 0.943. The first-order chi connectivity index (χ1) is 7.04. The number of carbonyl (C=O) groups is 2. The van der Waals surface area contributed by atoms with Crippen LogP contribution < -0.4 is 11.7 Å². The minimum absolute atomic E-state index is 0.424. The molecule has 7 N–H and O–H groups in total. The lowest BCUT2D eigenvalue weighted by molar-refractivity contribution is 0.0648. The van der Waals surface area contributed by atoms with Gasteiger partial charge in [-0.25, -0.2) is 9.59 Å². The summed E-state index contributed by atoms with van der Waals surface area (Å²) in [7, 11) is 0. The monoisotopic (exact) mass is 214 g/mol. The summed E-state index contributed by atoms with van der Waals surface area (Å²) in [6.45, 7) is 0. The van der Waals surface area contributed by atoms with Crippen LogP contribution in [-0.2, 0) is 0 Å². The van der Waals surface area contributed by atoms with Crippen molar-refractivity contribution in [3.8, 4) is 5.75 Å². The van der Waals surface area contributed by atoms with Gasteiger partial charge in [0.2, 0.25) is 0 Å². The van der Waals surface area contributed by atoms with Crippen molar-refractivity contribution in [2.75, 3.05) is 0 Å². The van der Waals surface area contributed by atoms with Gasteiger partial charge in [0.1, 0.15) is 11.3 Å². The Morgan fingerprint density at radius 3 is 1.93 bits per heavy atom. The van der Waals surface area contributed by atoms with E-state index in [-0.39, 0.29) is 0 Å². The number of aromatic carboxylic acids is 2. The summed E-state index contributed by atoms with van der Waals surface area (Å²) >= 11 is 0. The number of carboxylic acids is 2. The molecule has 7 heteroatoms. The molecule has 0 saturated heterocycles. The molecule has 0 aromatic heterocycles. The second-order valence-corrected chi connectivity index (χ2v) is 2.31. The normalized spacial score (nSPS) is 8.67. The number of hydrogen-bond donors (Lipinski definition) is 5. The summed E-state index contributed by atoms with van der Waals surface area (Å²) in [5.41, 5.74) is -1.01. The Balaban J connectivity index is 0.000000921. The highest BCUT2D eigenvalue weighted by atomic mass is 16.4. The molecule has 1 rings (SSSR count). The first kappa shape index (κ1) is 12.9. The largest absolute Gasteiger partial charge is 0.507 e. The van der Waals surface area contributed by atoms with Gasteiger partial charge in [-0.15, -0.1) is 0 Å². The Labute approximate surface area is 84.5 Å². The molecule has 0 bridgehead atoms. The zero-order valence-electron chi connectivity index (χ0n) is 7.54. The molecule has 0 fully saturated rings. The Morgan fingerprint density at radius 1 is 1.07 bits per heavy atom. The maximum absolute atomic E-state index is 10.5. The molecule has 0 aliphatic carbocycles. The topological polar surface area (TPSA) is 147 Å². The van der Waals surface area contributed by atoms with Crippen molar-refractivity contribution in [2.45, 2.75) is 0 Å². The third-order valence-corrected chi connectivity index (χ3v) is 1.49. The van der Waals surface area contributed by atoms with Crippen LogP contribution in [0.15, 0.2) is 18.2 Å². The number of carboxylic acid groups (broad SMARTS) is 2. The molecule has 1 aromatic carbocycles. The van der Waals surface area contributed by atoms with Crippen molar-refractivity contribution >= 4 is 11.9 Å². The molecule has 0 heterocycles. The van der Waals surface area contributed by atoms with Crippen LogP contribution in [0.25, 0.3) is 0 Å². The molecule has 82 valence electrons. The number of hydrogen-bond acceptors (Lipinski definition) is 5. The van der Waals surface area contributed by atoms with Crippen LogP contribution in [0.1, 0.15) is 20.7 Å². The molecule has 15 heavy (non-hydrogen) atoms. The lowest BCUT2D eigenvalue weighted by Gasteiger charge is -2.02. The predicted octanol–water partition coefficient (Wildman–Crippen LogP) is -0.393. The van der Waals surface area contributed by atoms with Crippen molar-refractivity contribution in [1.82, 2.24) is 0 Å². The number of benzene rings is 1. The highest BCUT2D eigenvalue weighted by Gasteiger charge is 2.19. The molecule has 0 aliphatic heterocycles. The van der Waals surface area contributed by atoms with Gasteiger partial charge in [0.15, 0.2) is 0 Å². The smallest absolute Gasteiger partial charge is 0.340 e. The molecule has 0 aliphatic rings. The Bertz CT molecular complexity index is 377. The average Bonchev–Trinajstić information content (AvgIpc) is 2.19. The third kappa shape index (κ3) is 2.93. The van der Waals surface area contributed by atoms with Crippen LogP contribution in [0.4, 0.5) is 0 Å². The van der Waals surface area contributed by atoms with E-state index in [2.05, 4.69) is 11.7 Å². The summed E-state index contributed by atoms with van der Waals surface area (Å²) in [5.74, 6) is 4.61. The van der Waals surface area contributed by atoms with Gasteiger partial charge in [0.25, 0.3) is 0 Å². The summed E-state index contributed by atoms with van der Waals surface area (Å²) < 4.78 is 0. The maximum Gasteiger partial charge on any atom is 0.340 e. The fraction of sp³-hybridized carbons (Fsp3) is 0. The summed E-state index contributed by atoms with van der Waals surface area (Å²) in [5, 5.41) is 26.2. The van der Waals surface area contributed by atoms with Crippen molar-refractivity contribution in [3.63, 3.8) is 0 Å². The Hall–Kier alpha value is -2.12. The van der Waals surface area contributed by atoms with Gasteiger partial charge in [-0.2, -0.15) is 0 Å². The first-order valence-electron chi connectivity index (χ1n) is 3.66. The van der Waals surface area contributed by atoms with Crippen LogP contribution in [0.2, 0.25) is 0 Å². The van der Waals surface area contributed by atoms with E-state index in [1.54, 1.807) is 0 Å². The molecular formula is C8H10N2O5. The second kappa shape index (κ2) is 5.58. The molecule has 0 spiro atoms. The number of aromatic hydroxyl groups is 1. The molecule has 0 radical (unpaired) electrons. The quantitative estimate of drug-likeness (QED) is 0.332. The van der Waals surface area contributed by atoms with E-state index < -0.39 is 28.8 Å². The number of hydrazine groups is 1. The van der Waals surface area contributed by atoms with E-state index in [4.69, 9.17) is 15.3 Å². The van der Waals surface area contributed by atoms with Crippen molar-refractivity contribution < 1.29 is 24.9 Å².